The van der Waals surface area contributed by atoms with Gasteiger partial charge in [0.2, 0.25) is 0 Å². The van der Waals surface area contributed by atoms with Crippen molar-refractivity contribution in [3.63, 3.8) is 0 Å². The summed E-state index contributed by atoms with van der Waals surface area (Å²) in [7, 11) is 3.01. The van der Waals surface area contributed by atoms with E-state index in [1.165, 1.54) is 37.3 Å². The van der Waals surface area contributed by atoms with Crippen molar-refractivity contribution < 1.29 is 32.6 Å². The Bertz CT molecular complexity index is 892. The van der Waals surface area contributed by atoms with Crippen LogP contribution in [-0.2, 0) is 0 Å². The van der Waals surface area contributed by atoms with Gasteiger partial charge in [-0.15, -0.1) is 0 Å². The molecule has 30 heavy (non-hydrogen) atoms. The number of hydrogen-bond donors (Lipinski definition) is 0. The number of amides is 2. The second-order valence-electron chi connectivity index (χ2n) is 6.56. The first-order valence-electron chi connectivity index (χ1n) is 9.28. The number of methoxy groups -OCH3 is 2. The van der Waals surface area contributed by atoms with E-state index in [0.717, 1.165) is 0 Å². The van der Waals surface area contributed by atoms with Crippen LogP contribution < -0.4 is 14.2 Å². The summed E-state index contributed by atoms with van der Waals surface area (Å²) in [4.78, 5) is 28.8. The number of para-hydroxylation sites is 1. The lowest BCUT2D eigenvalue weighted by Crippen LogP contribution is -2.50. The molecule has 1 saturated heterocycles. The lowest BCUT2D eigenvalue weighted by atomic mass is 10.1. The van der Waals surface area contributed by atoms with Crippen LogP contribution in [0.4, 0.5) is 8.78 Å². The predicted molar refractivity (Wildman–Crippen MR) is 104 cm³/mol. The zero-order valence-electron chi connectivity index (χ0n) is 16.6. The zero-order chi connectivity index (χ0) is 21.7. The average Bonchev–Trinajstić information content (AvgIpc) is 2.77. The predicted octanol–water partition coefficient (Wildman–Crippen LogP) is 2.90. The number of alkyl halides is 2. The molecule has 1 aliphatic heterocycles. The highest BCUT2D eigenvalue weighted by molar-refractivity contribution is 5.98. The lowest BCUT2D eigenvalue weighted by Gasteiger charge is -2.35. The van der Waals surface area contributed by atoms with Gasteiger partial charge in [0.05, 0.1) is 19.8 Å². The summed E-state index contributed by atoms with van der Waals surface area (Å²) in [6.07, 6.45) is 0. The van der Waals surface area contributed by atoms with Gasteiger partial charge in [-0.25, -0.2) is 0 Å². The van der Waals surface area contributed by atoms with Gasteiger partial charge >= 0.3 is 6.61 Å². The molecule has 2 aromatic carbocycles. The summed E-state index contributed by atoms with van der Waals surface area (Å²) in [6, 6.07) is 10.8. The van der Waals surface area contributed by atoms with Gasteiger partial charge in [0.1, 0.15) is 17.2 Å². The molecule has 0 aromatic heterocycles. The van der Waals surface area contributed by atoms with Crippen molar-refractivity contribution in [1.82, 2.24) is 9.80 Å². The topological polar surface area (TPSA) is 68.3 Å². The molecule has 9 heteroatoms. The Kier molecular flexibility index (Phi) is 6.71. The Morgan fingerprint density at radius 2 is 1.40 bits per heavy atom. The first-order valence-corrected chi connectivity index (χ1v) is 9.28. The molecular formula is C21H22F2N2O5. The third-order valence-corrected chi connectivity index (χ3v) is 4.79. The monoisotopic (exact) mass is 420 g/mol. The van der Waals surface area contributed by atoms with E-state index in [4.69, 9.17) is 9.47 Å². The van der Waals surface area contributed by atoms with E-state index in [1.807, 2.05) is 0 Å². The Labute approximate surface area is 172 Å². The smallest absolute Gasteiger partial charge is 0.387 e. The van der Waals surface area contributed by atoms with Crippen LogP contribution in [0.5, 0.6) is 17.2 Å². The van der Waals surface area contributed by atoms with Crippen LogP contribution in [0.25, 0.3) is 0 Å². The molecule has 0 aliphatic carbocycles. The molecule has 2 amide bonds. The molecule has 0 unspecified atom stereocenters. The van der Waals surface area contributed by atoms with Gasteiger partial charge in [-0.2, -0.15) is 8.78 Å². The minimum absolute atomic E-state index is 0.0649. The maximum Gasteiger partial charge on any atom is 0.387 e. The van der Waals surface area contributed by atoms with Gasteiger partial charge in [-0.3, -0.25) is 9.59 Å². The zero-order valence-corrected chi connectivity index (χ0v) is 16.6. The van der Waals surface area contributed by atoms with Crippen LogP contribution in [0.2, 0.25) is 0 Å². The molecule has 1 fully saturated rings. The van der Waals surface area contributed by atoms with Crippen LogP contribution in [-0.4, -0.2) is 68.6 Å². The molecule has 1 heterocycles. The SMILES string of the molecule is COc1cc(OC)cc(C(=O)N2CCN(C(=O)c3ccccc3OC(F)F)CC2)c1. The van der Waals surface area contributed by atoms with Crippen LogP contribution in [0, 0.1) is 0 Å². The molecule has 0 radical (unpaired) electrons. The van der Waals surface area contributed by atoms with Gasteiger partial charge < -0.3 is 24.0 Å². The lowest BCUT2D eigenvalue weighted by molar-refractivity contribution is -0.0503. The number of carbonyl (C=O) groups excluding carboxylic acids is 2. The summed E-state index contributed by atoms with van der Waals surface area (Å²) in [6.45, 7) is -1.86. The number of nitrogens with zero attached hydrogens (tertiary/aromatic N) is 2. The highest BCUT2D eigenvalue weighted by atomic mass is 19.3. The second kappa shape index (κ2) is 9.43. The molecule has 0 spiro atoms. The number of piperazine rings is 1. The van der Waals surface area contributed by atoms with E-state index in [0.29, 0.717) is 30.2 Å². The van der Waals surface area contributed by atoms with Gasteiger partial charge in [-0.1, -0.05) is 12.1 Å². The molecule has 0 bridgehead atoms. The van der Waals surface area contributed by atoms with Crippen molar-refractivity contribution in [3.8, 4) is 17.2 Å². The number of carbonyl (C=O) groups is 2. The summed E-state index contributed by atoms with van der Waals surface area (Å²) >= 11 is 0. The molecule has 0 atom stereocenters. The first-order chi connectivity index (χ1) is 14.4. The number of ether oxygens (including phenoxy) is 3. The highest BCUT2D eigenvalue weighted by Crippen LogP contribution is 2.25. The molecule has 3 rings (SSSR count). The minimum Gasteiger partial charge on any atom is -0.497 e. The average molecular weight is 420 g/mol. The first kappa shape index (κ1) is 21.4. The van der Waals surface area contributed by atoms with E-state index < -0.39 is 12.5 Å². The van der Waals surface area contributed by atoms with E-state index >= 15 is 0 Å². The fourth-order valence-electron chi connectivity index (χ4n) is 3.24. The summed E-state index contributed by atoms with van der Waals surface area (Å²) < 4.78 is 40.1. The van der Waals surface area contributed by atoms with Crippen molar-refractivity contribution in [2.45, 2.75) is 6.61 Å². The largest absolute Gasteiger partial charge is 0.497 e. The van der Waals surface area contributed by atoms with Crippen molar-refractivity contribution in [2.75, 3.05) is 40.4 Å². The van der Waals surface area contributed by atoms with E-state index in [9.17, 15) is 18.4 Å². The highest BCUT2D eigenvalue weighted by Gasteiger charge is 2.27. The Hall–Kier alpha value is -3.36. The molecule has 0 N–H and O–H groups in total. The van der Waals surface area contributed by atoms with E-state index in [1.54, 1.807) is 29.2 Å². The molecular weight excluding hydrogens is 398 g/mol. The van der Waals surface area contributed by atoms with Gasteiger partial charge in [-0.05, 0) is 24.3 Å². The summed E-state index contributed by atoms with van der Waals surface area (Å²) in [5.41, 5.74) is 0.483. The van der Waals surface area contributed by atoms with Gasteiger partial charge in [0.25, 0.3) is 11.8 Å². The van der Waals surface area contributed by atoms with Gasteiger partial charge in [0, 0.05) is 37.8 Å². The van der Waals surface area contributed by atoms with Crippen molar-refractivity contribution >= 4 is 11.8 Å². The van der Waals surface area contributed by atoms with Crippen LogP contribution >= 0.6 is 0 Å². The maximum atomic E-state index is 12.9. The van der Waals surface area contributed by atoms with Crippen LogP contribution in [0.15, 0.2) is 42.5 Å². The Balaban J connectivity index is 1.68. The molecule has 0 saturated carbocycles. The van der Waals surface area contributed by atoms with Crippen molar-refractivity contribution in [3.05, 3.63) is 53.6 Å². The molecule has 1 aliphatic rings. The fourth-order valence-corrected chi connectivity index (χ4v) is 3.24. The molecule has 160 valence electrons. The quantitative estimate of drug-likeness (QED) is 0.719. The number of halogens is 2. The minimum atomic E-state index is -3.02. The van der Waals surface area contributed by atoms with Gasteiger partial charge in [0.15, 0.2) is 0 Å². The van der Waals surface area contributed by atoms with E-state index in [2.05, 4.69) is 4.74 Å². The normalized spacial score (nSPS) is 13.9. The van der Waals surface area contributed by atoms with Crippen LogP contribution in [0.1, 0.15) is 20.7 Å². The third kappa shape index (κ3) is 4.79. The van der Waals surface area contributed by atoms with E-state index in [-0.39, 0.29) is 30.3 Å². The summed E-state index contributed by atoms with van der Waals surface area (Å²) in [5.74, 6) is 0.214. The summed E-state index contributed by atoms with van der Waals surface area (Å²) in [5, 5.41) is 0. The maximum absolute atomic E-state index is 12.9. The molecule has 7 nitrogen and oxygen atoms in total. The Morgan fingerprint density at radius 1 is 0.867 bits per heavy atom. The molecule has 2 aromatic rings. The number of rotatable bonds is 6. The standard InChI is InChI=1S/C21H22F2N2O5/c1-28-15-11-14(12-16(13-15)29-2)19(26)24-7-9-25(10-8-24)20(27)17-5-3-4-6-18(17)30-21(22)23/h3-6,11-13,21H,7-10H2,1-2H3. The fraction of sp³-hybridized carbons (Fsp3) is 0.333. The second-order valence-corrected chi connectivity index (χ2v) is 6.56. The third-order valence-electron chi connectivity index (χ3n) is 4.79. The number of benzene rings is 2. The van der Waals surface area contributed by atoms with Crippen molar-refractivity contribution in [1.29, 1.82) is 0 Å². The van der Waals surface area contributed by atoms with Crippen LogP contribution in [0.3, 0.4) is 0 Å². The number of hydrogen-bond acceptors (Lipinski definition) is 5. The van der Waals surface area contributed by atoms with Crippen molar-refractivity contribution in [2.24, 2.45) is 0 Å². The Morgan fingerprint density at radius 3 is 1.93 bits per heavy atom.